The lowest BCUT2D eigenvalue weighted by Gasteiger charge is -2.35. The Bertz CT molecular complexity index is 1070. The van der Waals surface area contributed by atoms with E-state index in [0.29, 0.717) is 36.1 Å². The molecule has 1 aromatic carbocycles. The topological polar surface area (TPSA) is 84.6 Å². The van der Waals surface area contributed by atoms with Gasteiger partial charge in [-0.1, -0.05) is 24.1 Å². The zero-order valence-corrected chi connectivity index (χ0v) is 18.2. The first-order valence-electron chi connectivity index (χ1n) is 11.2. The van der Waals surface area contributed by atoms with Crippen LogP contribution in [0.4, 0.5) is 5.82 Å². The van der Waals surface area contributed by atoms with Crippen molar-refractivity contribution >= 4 is 11.7 Å². The Kier molecular flexibility index (Phi) is 5.75. The third-order valence-electron chi connectivity index (χ3n) is 6.36. The molecule has 0 bridgehead atoms. The average Bonchev–Trinajstić information content (AvgIpc) is 3.56. The molecule has 0 N–H and O–H groups in total. The van der Waals surface area contributed by atoms with Crippen molar-refractivity contribution in [2.24, 2.45) is 0 Å². The fraction of sp³-hybridized carbons (Fsp3) is 0.417. The van der Waals surface area contributed by atoms with Crippen LogP contribution in [0.25, 0.3) is 11.4 Å². The van der Waals surface area contributed by atoms with Crippen molar-refractivity contribution in [2.45, 2.75) is 31.6 Å². The minimum Gasteiger partial charge on any atom is -0.497 e. The largest absolute Gasteiger partial charge is 0.497 e. The smallest absolute Gasteiger partial charge is 0.254 e. The van der Waals surface area contributed by atoms with E-state index in [1.54, 1.807) is 19.4 Å². The molecule has 32 heavy (non-hydrogen) atoms. The molecule has 2 aliphatic rings. The molecule has 2 fully saturated rings. The third kappa shape index (κ3) is 4.17. The predicted octanol–water partition coefficient (Wildman–Crippen LogP) is 3.76. The number of nitrogens with zero attached hydrogens (tertiary/aromatic N) is 5. The molecule has 8 nitrogen and oxygen atoms in total. The van der Waals surface area contributed by atoms with Crippen molar-refractivity contribution in [3.8, 4) is 17.1 Å². The van der Waals surface area contributed by atoms with Gasteiger partial charge in [0.05, 0.1) is 7.11 Å². The van der Waals surface area contributed by atoms with Crippen molar-refractivity contribution in [1.29, 1.82) is 0 Å². The van der Waals surface area contributed by atoms with Gasteiger partial charge >= 0.3 is 0 Å². The van der Waals surface area contributed by atoms with Gasteiger partial charge in [-0.15, -0.1) is 0 Å². The van der Waals surface area contributed by atoms with E-state index in [4.69, 9.17) is 9.26 Å². The average molecular weight is 434 g/mol. The zero-order valence-electron chi connectivity index (χ0n) is 18.2. The minimum atomic E-state index is 0.0297. The van der Waals surface area contributed by atoms with Gasteiger partial charge in [0.25, 0.3) is 5.91 Å². The number of piperazine rings is 1. The fourth-order valence-corrected chi connectivity index (χ4v) is 4.47. The molecule has 1 aliphatic carbocycles. The van der Waals surface area contributed by atoms with Gasteiger partial charge in [0.2, 0.25) is 11.7 Å². The summed E-state index contributed by atoms with van der Waals surface area (Å²) >= 11 is 0. The summed E-state index contributed by atoms with van der Waals surface area (Å²) in [6, 6.07) is 11.3. The Morgan fingerprint density at radius 2 is 1.91 bits per heavy atom. The summed E-state index contributed by atoms with van der Waals surface area (Å²) < 4.78 is 10.7. The van der Waals surface area contributed by atoms with E-state index < -0.39 is 0 Å². The van der Waals surface area contributed by atoms with E-state index in [1.165, 1.54) is 12.8 Å². The predicted molar refractivity (Wildman–Crippen MR) is 120 cm³/mol. The number of hydrogen-bond donors (Lipinski definition) is 0. The number of anilines is 1. The summed E-state index contributed by atoms with van der Waals surface area (Å²) in [6.07, 6.45) is 6.52. The molecule has 1 saturated carbocycles. The first kappa shape index (κ1) is 20.5. The van der Waals surface area contributed by atoms with E-state index >= 15 is 0 Å². The first-order valence-corrected chi connectivity index (χ1v) is 11.2. The summed E-state index contributed by atoms with van der Waals surface area (Å²) in [4.78, 5) is 26.1. The van der Waals surface area contributed by atoms with E-state index in [0.717, 1.165) is 43.2 Å². The number of carbonyl (C=O) groups excluding carboxylic acids is 1. The molecule has 5 rings (SSSR count). The van der Waals surface area contributed by atoms with Gasteiger partial charge in [-0.3, -0.25) is 4.79 Å². The SMILES string of the molecule is COc1cccc(C(=O)N2CCN(c3ccc(-c4noc(C5CCCC5)n4)cn3)CC2)c1. The summed E-state index contributed by atoms with van der Waals surface area (Å²) in [5.74, 6) is 3.36. The van der Waals surface area contributed by atoms with E-state index in [-0.39, 0.29) is 5.91 Å². The van der Waals surface area contributed by atoms with Crippen molar-refractivity contribution < 1.29 is 14.1 Å². The Morgan fingerprint density at radius 3 is 2.62 bits per heavy atom. The van der Waals surface area contributed by atoms with Crippen LogP contribution < -0.4 is 9.64 Å². The number of rotatable bonds is 5. The number of hydrogen-bond acceptors (Lipinski definition) is 7. The van der Waals surface area contributed by atoms with Crippen LogP contribution in [0, 0.1) is 0 Å². The second kappa shape index (κ2) is 8.98. The number of carbonyl (C=O) groups is 1. The zero-order chi connectivity index (χ0) is 21.9. The first-order chi connectivity index (χ1) is 15.7. The minimum absolute atomic E-state index is 0.0297. The summed E-state index contributed by atoms with van der Waals surface area (Å²) in [6.45, 7) is 2.76. The highest BCUT2D eigenvalue weighted by atomic mass is 16.5. The monoisotopic (exact) mass is 433 g/mol. The van der Waals surface area contributed by atoms with Gasteiger partial charge in [-0.2, -0.15) is 4.98 Å². The second-order valence-corrected chi connectivity index (χ2v) is 8.35. The molecule has 0 atom stereocenters. The van der Waals surface area contributed by atoms with Gasteiger partial charge in [-0.25, -0.2) is 4.98 Å². The highest BCUT2D eigenvalue weighted by Crippen LogP contribution is 2.34. The van der Waals surface area contributed by atoms with Gasteiger partial charge in [0, 0.05) is 49.4 Å². The lowest BCUT2D eigenvalue weighted by molar-refractivity contribution is 0.0746. The van der Waals surface area contributed by atoms with Crippen LogP contribution in [0.3, 0.4) is 0 Å². The highest BCUT2D eigenvalue weighted by molar-refractivity contribution is 5.94. The molecule has 1 saturated heterocycles. The van der Waals surface area contributed by atoms with Crippen LogP contribution in [0.1, 0.15) is 47.8 Å². The molecule has 0 unspecified atom stereocenters. The summed E-state index contributed by atoms with van der Waals surface area (Å²) in [7, 11) is 1.61. The quantitative estimate of drug-likeness (QED) is 0.606. The van der Waals surface area contributed by atoms with E-state index in [9.17, 15) is 4.79 Å². The molecule has 0 spiro atoms. The van der Waals surface area contributed by atoms with Crippen LogP contribution >= 0.6 is 0 Å². The van der Waals surface area contributed by atoms with E-state index in [1.807, 2.05) is 35.2 Å². The standard InChI is InChI=1S/C24H27N5O3/c1-31-20-8-4-7-18(15-20)24(30)29-13-11-28(12-14-29)21-10-9-19(16-25-21)22-26-23(32-27-22)17-5-2-3-6-17/h4,7-10,15-17H,2-3,5-6,11-14H2,1H3. The number of methoxy groups -OCH3 is 1. The highest BCUT2D eigenvalue weighted by Gasteiger charge is 2.25. The van der Waals surface area contributed by atoms with Gasteiger partial charge in [-0.05, 0) is 43.2 Å². The van der Waals surface area contributed by atoms with E-state index in [2.05, 4.69) is 20.0 Å². The maximum absolute atomic E-state index is 12.8. The Labute approximate surface area is 187 Å². The second-order valence-electron chi connectivity index (χ2n) is 8.35. The van der Waals surface area contributed by atoms with Gasteiger partial charge < -0.3 is 19.1 Å². The van der Waals surface area contributed by atoms with Crippen LogP contribution in [0.2, 0.25) is 0 Å². The van der Waals surface area contributed by atoms with Crippen molar-refractivity contribution in [3.63, 3.8) is 0 Å². The molecular weight excluding hydrogens is 406 g/mol. The number of ether oxygens (including phenoxy) is 1. The lowest BCUT2D eigenvalue weighted by Crippen LogP contribution is -2.49. The molecule has 2 aromatic heterocycles. The summed E-state index contributed by atoms with van der Waals surface area (Å²) in [5.41, 5.74) is 1.51. The summed E-state index contributed by atoms with van der Waals surface area (Å²) in [5, 5.41) is 4.15. The molecule has 3 heterocycles. The lowest BCUT2D eigenvalue weighted by atomic mass is 10.1. The van der Waals surface area contributed by atoms with Crippen LogP contribution in [-0.2, 0) is 0 Å². The molecule has 166 valence electrons. The van der Waals surface area contributed by atoms with Crippen LogP contribution in [0.15, 0.2) is 47.1 Å². The van der Waals surface area contributed by atoms with Gasteiger partial charge in [0.15, 0.2) is 0 Å². The molecule has 3 aromatic rings. The van der Waals surface area contributed by atoms with Crippen molar-refractivity contribution in [2.75, 3.05) is 38.2 Å². The fourth-order valence-electron chi connectivity index (χ4n) is 4.47. The molecule has 1 amide bonds. The van der Waals surface area contributed by atoms with Crippen molar-refractivity contribution in [1.82, 2.24) is 20.0 Å². The molecule has 1 aliphatic heterocycles. The van der Waals surface area contributed by atoms with Crippen LogP contribution in [-0.4, -0.2) is 59.2 Å². The van der Waals surface area contributed by atoms with Crippen molar-refractivity contribution in [3.05, 3.63) is 54.0 Å². The number of benzene rings is 1. The Morgan fingerprint density at radius 1 is 1.09 bits per heavy atom. The number of amides is 1. The third-order valence-corrected chi connectivity index (χ3v) is 6.36. The maximum Gasteiger partial charge on any atom is 0.254 e. The number of aromatic nitrogens is 3. The normalized spacial score (nSPS) is 17.0. The molecule has 0 radical (unpaired) electrons. The van der Waals surface area contributed by atoms with Gasteiger partial charge in [0.1, 0.15) is 11.6 Å². The molecule has 8 heteroatoms. The maximum atomic E-state index is 12.8. The Hall–Kier alpha value is -3.42. The number of pyridine rings is 1. The van der Waals surface area contributed by atoms with Crippen LogP contribution in [0.5, 0.6) is 5.75 Å². The Balaban J connectivity index is 1.20. The molecular formula is C24H27N5O3.